The zero-order chi connectivity index (χ0) is 15.0. The van der Waals surface area contributed by atoms with Crippen molar-refractivity contribution in [3.63, 3.8) is 0 Å². The minimum atomic E-state index is -1.20. The lowest BCUT2D eigenvalue weighted by Crippen LogP contribution is -1.99. The maximum atomic E-state index is 11.1. The average molecular weight is 285 g/mol. The van der Waals surface area contributed by atoms with E-state index in [1.807, 2.05) is 12.1 Å². The van der Waals surface area contributed by atoms with Gasteiger partial charge < -0.3 is 9.84 Å². The Hall–Kier alpha value is -2.89. The van der Waals surface area contributed by atoms with Gasteiger partial charge in [-0.15, -0.1) is 0 Å². The second-order valence-electron chi connectivity index (χ2n) is 4.72. The Balaban J connectivity index is 2.21. The number of ether oxygens (including phenoxy) is 1. The lowest BCUT2D eigenvalue weighted by molar-refractivity contribution is -0.384. The van der Waals surface area contributed by atoms with Gasteiger partial charge in [-0.1, -0.05) is 18.2 Å². The van der Waals surface area contributed by atoms with Crippen LogP contribution in [0.5, 0.6) is 5.75 Å². The molecule has 6 nitrogen and oxygen atoms in total. The van der Waals surface area contributed by atoms with E-state index in [1.165, 1.54) is 12.1 Å². The van der Waals surface area contributed by atoms with Crippen LogP contribution in [0.3, 0.4) is 0 Å². The van der Waals surface area contributed by atoms with E-state index < -0.39 is 10.9 Å². The van der Waals surface area contributed by atoms with Crippen LogP contribution in [-0.2, 0) is 6.42 Å². The van der Waals surface area contributed by atoms with E-state index >= 15 is 0 Å². The normalized spacial score (nSPS) is 12.6. The van der Waals surface area contributed by atoms with Crippen LogP contribution in [0.25, 0.3) is 11.1 Å². The van der Waals surface area contributed by atoms with Crippen molar-refractivity contribution in [2.45, 2.75) is 6.42 Å². The first-order valence-corrected chi connectivity index (χ1v) is 6.34. The molecule has 0 unspecified atom stereocenters. The second-order valence-corrected chi connectivity index (χ2v) is 4.72. The lowest BCUT2D eigenvalue weighted by Gasteiger charge is -2.09. The van der Waals surface area contributed by atoms with Crippen molar-refractivity contribution in [2.24, 2.45) is 0 Å². The van der Waals surface area contributed by atoms with E-state index in [0.29, 0.717) is 23.5 Å². The van der Waals surface area contributed by atoms with Gasteiger partial charge in [-0.05, 0) is 17.2 Å². The molecule has 0 amide bonds. The topological polar surface area (TPSA) is 89.7 Å². The van der Waals surface area contributed by atoms with Gasteiger partial charge in [0.05, 0.1) is 17.1 Å². The molecule has 1 N–H and O–H groups in total. The molecule has 0 atom stereocenters. The molecule has 106 valence electrons. The Labute approximate surface area is 119 Å². The van der Waals surface area contributed by atoms with Gasteiger partial charge in [-0.25, -0.2) is 4.79 Å². The van der Waals surface area contributed by atoms with E-state index in [-0.39, 0.29) is 11.3 Å². The number of carboxylic acid groups (broad SMARTS) is 1. The molecular formula is C15H11NO5. The Bertz CT molecular complexity index is 721. The van der Waals surface area contributed by atoms with E-state index in [9.17, 15) is 14.9 Å². The summed E-state index contributed by atoms with van der Waals surface area (Å²) in [5.74, 6) is -0.525. The van der Waals surface area contributed by atoms with Gasteiger partial charge in [0, 0.05) is 24.1 Å². The van der Waals surface area contributed by atoms with Crippen LogP contribution in [-0.4, -0.2) is 22.6 Å². The number of hydrogen-bond donors (Lipinski definition) is 1. The monoisotopic (exact) mass is 285 g/mol. The summed E-state index contributed by atoms with van der Waals surface area (Å²) in [5.41, 5.74) is 1.81. The highest BCUT2D eigenvalue weighted by molar-refractivity contribution is 5.91. The van der Waals surface area contributed by atoms with Crippen LogP contribution < -0.4 is 4.74 Å². The summed E-state index contributed by atoms with van der Waals surface area (Å²) >= 11 is 0. The third-order valence-corrected chi connectivity index (χ3v) is 3.40. The van der Waals surface area contributed by atoms with E-state index in [1.54, 1.807) is 6.07 Å². The summed E-state index contributed by atoms with van der Waals surface area (Å²) in [6.07, 6.45) is 0.782. The van der Waals surface area contributed by atoms with Crippen molar-refractivity contribution in [1.29, 1.82) is 0 Å². The Morgan fingerprint density at radius 3 is 2.81 bits per heavy atom. The summed E-state index contributed by atoms with van der Waals surface area (Å²) in [6.45, 7) is 0.563. The van der Waals surface area contributed by atoms with Crippen molar-refractivity contribution in [3.8, 4) is 16.9 Å². The summed E-state index contributed by atoms with van der Waals surface area (Å²) in [6, 6.07) is 9.38. The zero-order valence-corrected chi connectivity index (χ0v) is 10.9. The van der Waals surface area contributed by atoms with Crippen LogP contribution >= 0.6 is 0 Å². The predicted molar refractivity (Wildman–Crippen MR) is 74.7 cm³/mol. The molecule has 6 heteroatoms. The number of fused-ring (bicyclic) bond motifs is 1. The highest BCUT2D eigenvalue weighted by Crippen LogP contribution is 2.38. The highest BCUT2D eigenvalue weighted by atomic mass is 16.6. The highest BCUT2D eigenvalue weighted by Gasteiger charge is 2.20. The molecule has 0 aromatic heterocycles. The van der Waals surface area contributed by atoms with Crippen molar-refractivity contribution >= 4 is 11.7 Å². The molecule has 2 aromatic rings. The summed E-state index contributed by atoms with van der Waals surface area (Å²) in [5, 5.41) is 20.1. The van der Waals surface area contributed by atoms with Crippen LogP contribution in [0, 0.1) is 10.1 Å². The smallest absolute Gasteiger partial charge is 0.335 e. The Morgan fingerprint density at radius 1 is 1.29 bits per heavy atom. The minimum absolute atomic E-state index is 0.116. The number of carboxylic acids is 1. The number of nitro benzene ring substituents is 1. The molecule has 0 spiro atoms. The van der Waals surface area contributed by atoms with E-state index in [2.05, 4.69) is 0 Å². The summed E-state index contributed by atoms with van der Waals surface area (Å²) in [4.78, 5) is 21.5. The number of para-hydroxylation sites is 1. The molecule has 1 aliphatic rings. The van der Waals surface area contributed by atoms with Crippen molar-refractivity contribution in [3.05, 3.63) is 57.6 Å². The molecule has 0 radical (unpaired) electrons. The van der Waals surface area contributed by atoms with Gasteiger partial charge >= 0.3 is 5.97 Å². The molecule has 0 bridgehead atoms. The molecule has 3 rings (SSSR count). The third kappa shape index (κ3) is 2.31. The molecule has 0 aliphatic carbocycles. The molecule has 0 fully saturated rings. The van der Waals surface area contributed by atoms with E-state index in [4.69, 9.17) is 9.84 Å². The van der Waals surface area contributed by atoms with Crippen molar-refractivity contribution in [2.75, 3.05) is 6.61 Å². The maximum absolute atomic E-state index is 11.1. The number of rotatable bonds is 3. The Morgan fingerprint density at radius 2 is 2.10 bits per heavy atom. The second kappa shape index (κ2) is 4.90. The first kappa shape index (κ1) is 13.1. The van der Waals surface area contributed by atoms with Crippen molar-refractivity contribution in [1.82, 2.24) is 0 Å². The van der Waals surface area contributed by atoms with Crippen LogP contribution in [0.2, 0.25) is 0 Å². The van der Waals surface area contributed by atoms with Gasteiger partial charge in [0.2, 0.25) is 0 Å². The number of aromatic carboxylic acids is 1. The van der Waals surface area contributed by atoms with Crippen LogP contribution in [0.4, 0.5) is 5.69 Å². The SMILES string of the molecule is O=C(O)c1cc(-c2cccc3c2OCC3)cc([N+](=O)[O-])c1. The van der Waals surface area contributed by atoms with Gasteiger partial charge in [0.1, 0.15) is 5.75 Å². The molecular weight excluding hydrogens is 274 g/mol. The lowest BCUT2D eigenvalue weighted by atomic mass is 9.99. The van der Waals surface area contributed by atoms with E-state index in [0.717, 1.165) is 18.1 Å². The molecule has 21 heavy (non-hydrogen) atoms. The predicted octanol–water partition coefficient (Wildman–Crippen LogP) is 2.89. The number of benzene rings is 2. The fraction of sp³-hybridized carbons (Fsp3) is 0.133. The largest absolute Gasteiger partial charge is 0.492 e. The third-order valence-electron chi connectivity index (χ3n) is 3.40. The number of non-ortho nitro benzene ring substituents is 1. The van der Waals surface area contributed by atoms with Crippen LogP contribution in [0.15, 0.2) is 36.4 Å². The van der Waals surface area contributed by atoms with Gasteiger partial charge in [0.15, 0.2) is 0 Å². The first-order chi connectivity index (χ1) is 10.1. The van der Waals surface area contributed by atoms with Gasteiger partial charge in [0.25, 0.3) is 5.69 Å². The number of hydrogen-bond acceptors (Lipinski definition) is 4. The molecule has 0 saturated carbocycles. The van der Waals surface area contributed by atoms with Gasteiger partial charge in [-0.3, -0.25) is 10.1 Å². The van der Waals surface area contributed by atoms with Crippen molar-refractivity contribution < 1.29 is 19.6 Å². The minimum Gasteiger partial charge on any atom is -0.492 e. The number of nitro groups is 1. The van der Waals surface area contributed by atoms with Gasteiger partial charge in [-0.2, -0.15) is 0 Å². The zero-order valence-electron chi connectivity index (χ0n) is 10.9. The first-order valence-electron chi connectivity index (χ1n) is 6.34. The number of nitrogens with zero attached hydrogens (tertiary/aromatic N) is 1. The quantitative estimate of drug-likeness (QED) is 0.691. The average Bonchev–Trinajstić information content (AvgIpc) is 2.94. The fourth-order valence-corrected chi connectivity index (χ4v) is 2.44. The fourth-order valence-electron chi connectivity index (χ4n) is 2.44. The van der Waals surface area contributed by atoms with Crippen LogP contribution in [0.1, 0.15) is 15.9 Å². The summed E-state index contributed by atoms with van der Waals surface area (Å²) in [7, 11) is 0. The Kier molecular flexibility index (Phi) is 3.06. The molecule has 1 aliphatic heterocycles. The molecule has 2 aromatic carbocycles. The number of carbonyl (C=O) groups is 1. The standard InChI is InChI=1S/C15H11NO5/c17-15(18)11-6-10(7-12(8-11)16(19)20)13-3-1-2-9-4-5-21-14(9)13/h1-3,6-8H,4-5H2,(H,17,18). The molecule has 1 heterocycles. The summed E-state index contributed by atoms with van der Waals surface area (Å²) < 4.78 is 5.57. The maximum Gasteiger partial charge on any atom is 0.335 e. The molecule has 0 saturated heterocycles.